The van der Waals surface area contributed by atoms with Gasteiger partial charge in [-0.15, -0.1) is 24.0 Å². The van der Waals surface area contributed by atoms with E-state index in [0.29, 0.717) is 13.1 Å². The van der Waals surface area contributed by atoms with E-state index in [-0.39, 0.29) is 24.0 Å². The highest BCUT2D eigenvalue weighted by Gasteiger charge is 2.07. The van der Waals surface area contributed by atoms with Gasteiger partial charge in [0.25, 0.3) is 0 Å². The molecule has 2 N–H and O–H groups in total. The number of nitrogens with zero attached hydrogens (tertiary/aromatic N) is 3. The fourth-order valence-electron chi connectivity index (χ4n) is 2.81. The Morgan fingerprint density at radius 1 is 1.08 bits per heavy atom. The van der Waals surface area contributed by atoms with Gasteiger partial charge in [0.2, 0.25) is 0 Å². The van der Waals surface area contributed by atoms with E-state index in [1.54, 1.807) is 0 Å². The maximum absolute atomic E-state index is 4.70. The van der Waals surface area contributed by atoms with Crippen LogP contribution in [0.25, 0.3) is 11.0 Å². The number of fused-ring (bicyclic) bond motifs is 1. The molecule has 0 atom stereocenters. The number of hydrogen-bond acceptors (Lipinski definition) is 2. The Balaban J connectivity index is 0.00000243. The third-order valence-corrected chi connectivity index (χ3v) is 4.31. The largest absolute Gasteiger partial charge is 0.357 e. The number of halogens is 1. The van der Waals surface area contributed by atoms with Gasteiger partial charge in [-0.3, -0.25) is 0 Å². The lowest BCUT2D eigenvalue weighted by molar-refractivity contribution is 0.738. The van der Waals surface area contributed by atoms with Crippen LogP contribution in [0.2, 0.25) is 0 Å². The van der Waals surface area contributed by atoms with Crippen molar-refractivity contribution in [3.8, 4) is 0 Å². The smallest absolute Gasteiger partial charge is 0.191 e. The van der Waals surface area contributed by atoms with Gasteiger partial charge < -0.3 is 15.2 Å². The van der Waals surface area contributed by atoms with Gasteiger partial charge in [-0.1, -0.05) is 36.4 Å². The fourth-order valence-corrected chi connectivity index (χ4v) is 2.81. The molecule has 5 nitrogen and oxygen atoms in total. The van der Waals surface area contributed by atoms with Crippen LogP contribution in [-0.4, -0.2) is 22.1 Å². The highest BCUT2D eigenvalue weighted by molar-refractivity contribution is 14.0. The van der Waals surface area contributed by atoms with Crippen LogP contribution in [0, 0.1) is 6.92 Å². The second kappa shape index (κ2) is 9.56. The lowest BCUT2D eigenvalue weighted by Crippen LogP contribution is -2.37. The number of nitrogens with one attached hydrogen (secondary N) is 2. The van der Waals surface area contributed by atoms with Crippen LogP contribution in [0.15, 0.2) is 53.5 Å². The molecule has 3 rings (SSSR count). The summed E-state index contributed by atoms with van der Waals surface area (Å²) in [5, 5.41) is 6.68. The van der Waals surface area contributed by atoms with E-state index in [0.717, 1.165) is 29.4 Å². The summed E-state index contributed by atoms with van der Waals surface area (Å²) >= 11 is 0. The topological polar surface area (TPSA) is 54.2 Å². The Bertz CT molecular complexity index is 885. The molecule has 0 spiro atoms. The van der Waals surface area contributed by atoms with E-state index in [1.807, 2.05) is 25.2 Å². The molecule has 2 aromatic carbocycles. The first kappa shape index (κ1) is 20.2. The van der Waals surface area contributed by atoms with Gasteiger partial charge in [0, 0.05) is 13.6 Å². The predicted octanol–water partition coefficient (Wildman–Crippen LogP) is 3.76. The van der Waals surface area contributed by atoms with Crippen LogP contribution in [0.3, 0.4) is 0 Å². The molecular weight excluding hydrogens is 437 g/mol. The molecule has 0 unspecified atom stereocenters. The predicted molar refractivity (Wildman–Crippen MR) is 119 cm³/mol. The standard InChI is InChI=1S/C20H25N5.HI/c1-4-21-20(22-13-16-10-6-5-9-15(16)2)23-14-19-24-17-11-7-8-12-18(17)25(19)3;/h5-12H,4,13-14H2,1-3H3,(H2,21,22,23);1H. The van der Waals surface area contributed by atoms with Gasteiger partial charge in [0.05, 0.1) is 24.1 Å². The van der Waals surface area contributed by atoms with E-state index in [1.165, 1.54) is 11.1 Å². The van der Waals surface area contributed by atoms with Gasteiger partial charge >= 0.3 is 0 Å². The van der Waals surface area contributed by atoms with E-state index in [9.17, 15) is 0 Å². The minimum Gasteiger partial charge on any atom is -0.357 e. The quantitative estimate of drug-likeness (QED) is 0.344. The monoisotopic (exact) mass is 463 g/mol. The number of rotatable bonds is 5. The summed E-state index contributed by atoms with van der Waals surface area (Å²) in [5.74, 6) is 1.79. The van der Waals surface area contributed by atoms with Crippen molar-refractivity contribution in [2.75, 3.05) is 6.54 Å². The summed E-state index contributed by atoms with van der Waals surface area (Å²) in [4.78, 5) is 9.40. The van der Waals surface area contributed by atoms with E-state index < -0.39 is 0 Å². The van der Waals surface area contributed by atoms with Gasteiger partial charge in [-0.2, -0.15) is 0 Å². The summed E-state index contributed by atoms with van der Waals surface area (Å²) in [7, 11) is 2.05. The van der Waals surface area contributed by atoms with Gasteiger partial charge in [-0.25, -0.2) is 9.98 Å². The third-order valence-electron chi connectivity index (χ3n) is 4.31. The summed E-state index contributed by atoms with van der Waals surface area (Å²) in [6.07, 6.45) is 0. The zero-order valence-corrected chi connectivity index (χ0v) is 17.8. The molecular formula is C20H26IN5. The maximum Gasteiger partial charge on any atom is 0.191 e. The number of aromatic nitrogens is 2. The number of aryl methyl sites for hydroxylation is 2. The lowest BCUT2D eigenvalue weighted by atomic mass is 10.1. The zero-order valence-electron chi connectivity index (χ0n) is 15.5. The second-order valence-corrected chi connectivity index (χ2v) is 6.05. The number of benzene rings is 2. The number of para-hydroxylation sites is 2. The molecule has 1 aromatic heterocycles. The molecule has 0 amide bonds. The van der Waals surface area contributed by atoms with Crippen LogP contribution in [-0.2, 0) is 20.1 Å². The first-order valence-electron chi connectivity index (χ1n) is 8.66. The molecule has 3 aromatic rings. The van der Waals surface area contributed by atoms with Gasteiger partial charge in [0.1, 0.15) is 5.82 Å². The zero-order chi connectivity index (χ0) is 17.6. The summed E-state index contributed by atoms with van der Waals surface area (Å²) in [6, 6.07) is 16.5. The Kier molecular flexibility index (Phi) is 7.44. The molecule has 0 aliphatic heterocycles. The molecule has 0 saturated heterocycles. The Hall–Kier alpha value is -2.09. The molecule has 0 aliphatic carbocycles. The number of aliphatic imine (C=N–C) groups is 1. The molecule has 26 heavy (non-hydrogen) atoms. The molecule has 138 valence electrons. The summed E-state index contributed by atoms with van der Waals surface area (Å²) in [5.41, 5.74) is 4.66. The van der Waals surface area contributed by atoms with Crippen molar-refractivity contribution in [1.29, 1.82) is 0 Å². The van der Waals surface area contributed by atoms with Crippen molar-refractivity contribution >= 4 is 41.0 Å². The van der Waals surface area contributed by atoms with E-state index >= 15 is 0 Å². The fraction of sp³-hybridized carbons (Fsp3) is 0.300. The first-order chi connectivity index (χ1) is 12.2. The van der Waals surface area contributed by atoms with Crippen molar-refractivity contribution in [2.24, 2.45) is 12.0 Å². The number of imidazole rings is 1. The number of guanidine groups is 1. The molecule has 0 fully saturated rings. The van der Waals surface area contributed by atoms with Crippen molar-refractivity contribution in [1.82, 2.24) is 20.2 Å². The highest BCUT2D eigenvalue weighted by Crippen LogP contribution is 2.14. The average molecular weight is 463 g/mol. The molecule has 0 saturated carbocycles. The summed E-state index contributed by atoms with van der Waals surface area (Å²) in [6.45, 7) is 6.29. The minimum atomic E-state index is 0. The SMILES string of the molecule is CCNC(=NCc1ccccc1C)NCc1nc2ccccc2n1C.I. The normalized spacial score (nSPS) is 11.3. The van der Waals surface area contributed by atoms with Gasteiger partial charge in [0.15, 0.2) is 5.96 Å². The van der Waals surface area contributed by atoms with Crippen molar-refractivity contribution < 1.29 is 0 Å². The van der Waals surface area contributed by atoms with Crippen LogP contribution >= 0.6 is 24.0 Å². The van der Waals surface area contributed by atoms with Crippen molar-refractivity contribution in [3.63, 3.8) is 0 Å². The van der Waals surface area contributed by atoms with Crippen LogP contribution in [0.4, 0.5) is 0 Å². The van der Waals surface area contributed by atoms with Crippen LogP contribution in [0.5, 0.6) is 0 Å². The second-order valence-electron chi connectivity index (χ2n) is 6.05. The average Bonchev–Trinajstić information content (AvgIpc) is 2.95. The van der Waals surface area contributed by atoms with Crippen LogP contribution < -0.4 is 10.6 Å². The Morgan fingerprint density at radius 3 is 2.54 bits per heavy atom. The summed E-state index contributed by atoms with van der Waals surface area (Å²) < 4.78 is 2.12. The van der Waals surface area contributed by atoms with Crippen molar-refractivity contribution in [3.05, 3.63) is 65.5 Å². The van der Waals surface area contributed by atoms with E-state index in [4.69, 9.17) is 9.98 Å². The number of hydrogen-bond donors (Lipinski definition) is 2. The molecule has 0 aliphatic rings. The molecule has 6 heteroatoms. The highest BCUT2D eigenvalue weighted by atomic mass is 127. The Labute approximate surface area is 172 Å². The lowest BCUT2D eigenvalue weighted by Gasteiger charge is -2.12. The Morgan fingerprint density at radius 2 is 1.81 bits per heavy atom. The minimum absolute atomic E-state index is 0. The molecule has 0 bridgehead atoms. The first-order valence-corrected chi connectivity index (χ1v) is 8.66. The molecule has 0 radical (unpaired) electrons. The van der Waals surface area contributed by atoms with Crippen molar-refractivity contribution in [2.45, 2.75) is 26.9 Å². The maximum atomic E-state index is 4.70. The van der Waals surface area contributed by atoms with Gasteiger partial charge in [-0.05, 0) is 37.1 Å². The van der Waals surface area contributed by atoms with E-state index in [2.05, 4.69) is 59.4 Å². The molecule has 1 heterocycles. The third kappa shape index (κ3) is 4.75. The van der Waals surface area contributed by atoms with Crippen LogP contribution in [0.1, 0.15) is 23.9 Å².